The number of rotatable bonds is 3. The van der Waals surface area contributed by atoms with E-state index in [1.54, 1.807) is 5.32 Å². The Morgan fingerprint density at radius 2 is 1.94 bits per heavy atom. The van der Waals surface area contributed by atoms with Crippen molar-refractivity contribution in [1.82, 2.24) is 0 Å². The van der Waals surface area contributed by atoms with Crippen molar-refractivity contribution in [1.29, 1.82) is 0 Å². The molecule has 1 rings (SSSR count). The number of amides is 1. The maximum absolute atomic E-state index is 11.9. The van der Waals surface area contributed by atoms with Crippen molar-refractivity contribution in [2.75, 3.05) is 5.32 Å². The van der Waals surface area contributed by atoms with Gasteiger partial charge >= 0.3 is 12.4 Å². The molecule has 0 aromatic heterocycles. The molecule has 0 heterocycles. The van der Waals surface area contributed by atoms with Crippen molar-refractivity contribution >= 4 is 17.6 Å². The minimum Gasteiger partial charge on any atom is -0.507 e. The van der Waals surface area contributed by atoms with E-state index < -0.39 is 24.1 Å². The highest BCUT2D eigenvalue weighted by Gasteiger charge is 2.16. The van der Waals surface area contributed by atoms with Crippen molar-refractivity contribution in [3.8, 4) is 5.75 Å². The van der Waals surface area contributed by atoms with Gasteiger partial charge in [-0.3, -0.25) is 4.79 Å². The summed E-state index contributed by atoms with van der Waals surface area (Å²) in [6, 6.07) is 2.98. The van der Waals surface area contributed by atoms with Crippen LogP contribution in [0.3, 0.4) is 0 Å². The van der Waals surface area contributed by atoms with Crippen molar-refractivity contribution in [2.45, 2.75) is 6.43 Å². The van der Waals surface area contributed by atoms with Gasteiger partial charge in [-0.1, -0.05) is 0 Å². The molecule has 1 amide bonds. The number of benzene rings is 1. The predicted molar refractivity (Wildman–Crippen MR) is 49.7 cm³/mol. The van der Waals surface area contributed by atoms with Crippen LogP contribution in [0.1, 0.15) is 10.4 Å². The van der Waals surface area contributed by atoms with Gasteiger partial charge in [0.2, 0.25) is 0 Å². The minimum absolute atomic E-state index is 0.104. The number of aromatic hydroxyl groups is 1. The fourth-order valence-electron chi connectivity index (χ4n) is 0.987. The number of carbonyl (C=O) groups excluding carboxylic acids is 1. The van der Waals surface area contributed by atoms with Crippen LogP contribution >= 0.6 is 0 Å². The molecule has 0 saturated heterocycles. The van der Waals surface area contributed by atoms with Crippen molar-refractivity contribution in [3.05, 3.63) is 23.8 Å². The highest BCUT2D eigenvalue weighted by Crippen LogP contribution is 2.22. The summed E-state index contributed by atoms with van der Waals surface area (Å²) in [4.78, 5) is 21.1. The van der Waals surface area contributed by atoms with E-state index in [9.17, 15) is 23.5 Å². The molecule has 7 heteroatoms. The SMILES string of the molecule is O=C(O)c1ccc(NC(=O)C(F)F)cc1O. The summed E-state index contributed by atoms with van der Waals surface area (Å²) in [5, 5.41) is 19.6. The summed E-state index contributed by atoms with van der Waals surface area (Å²) >= 11 is 0. The summed E-state index contributed by atoms with van der Waals surface area (Å²) in [5.41, 5.74) is -0.483. The third kappa shape index (κ3) is 2.66. The van der Waals surface area contributed by atoms with Crippen LogP contribution in [0.2, 0.25) is 0 Å². The average Bonchev–Trinajstić information content (AvgIpc) is 2.16. The number of carbonyl (C=O) groups is 2. The van der Waals surface area contributed by atoms with E-state index in [4.69, 9.17) is 5.11 Å². The lowest BCUT2D eigenvalue weighted by Gasteiger charge is -2.06. The van der Waals surface area contributed by atoms with Crippen LogP contribution in [0.4, 0.5) is 14.5 Å². The second kappa shape index (κ2) is 4.56. The number of aromatic carboxylic acids is 1. The Bertz CT molecular complexity index is 434. The molecular weight excluding hydrogens is 224 g/mol. The van der Waals surface area contributed by atoms with Gasteiger partial charge < -0.3 is 15.5 Å². The molecule has 1 aromatic rings. The first-order chi connectivity index (χ1) is 7.41. The highest BCUT2D eigenvalue weighted by molar-refractivity contribution is 5.95. The van der Waals surface area contributed by atoms with E-state index in [-0.39, 0.29) is 11.3 Å². The molecule has 5 nitrogen and oxygen atoms in total. The van der Waals surface area contributed by atoms with Crippen LogP contribution < -0.4 is 5.32 Å². The Morgan fingerprint density at radius 1 is 1.31 bits per heavy atom. The van der Waals surface area contributed by atoms with Crippen molar-refractivity contribution in [3.63, 3.8) is 0 Å². The van der Waals surface area contributed by atoms with Crippen LogP contribution in [0, 0.1) is 0 Å². The zero-order chi connectivity index (χ0) is 12.3. The first kappa shape index (κ1) is 11.9. The molecule has 0 fully saturated rings. The number of phenols is 1. The number of alkyl halides is 2. The number of halogens is 2. The Morgan fingerprint density at radius 3 is 2.38 bits per heavy atom. The molecular formula is C9H7F2NO4. The summed E-state index contributed by atoms with van der Waals surface area (Å²) in [5.74, 6) is -3.49. The monoisotopic (exact) mass is 231 g/mol. The van der Waals surface area contributed by atoms with Gasteiger partial charge in [0.15, 0.2) is 0 Å². The van der Waals surface area contributed by atoms with Gasteiger partial charge in [0, 0.05) is 11.8 Å². The van der Waals surface area contributed by atoms with E-state index in [0.29, 0.717) is 0 Å². The van der Waals surface area contributed by atoms with E-state index >= 15 is 0 Å². The smallest absolute Gasteiger partial charge is 0.339 e. The quantitative estimate of drug-likeness (QED) is 0.731. The topological polar surface area (TPSA) is 86.6 Å². The second-order valence-corrected chi connectivity index (χ2v) is 2.83. The number of nitrogens with one attached hydrogen (secondary N) is 1. The standard InChI is InChI=1S/C9H7F2NO4/c10-7(11)8(14)12-4-1-2-5(9(15)16)6(13)3-4/h1-3,7,13H,(H,12,14)(H,15,16). The number of anilines is 1. The fourth-order valence-corrected chi connectivity index (χ4v) is 0.987. The van der Waals surface area contributed by atoms with E-state index in [2.05, 4.69) is 0 Å². The Hall–Kier alpha value is -2.18. The van der Waals surface area contributed by atoms with Crippen LogP contribution in [0.25, 0.3) is 0 Å². The molecule has 86 valence electrons. The normalized spacial score (nSPS) is 10.2. The minimum atomic E-state index is -3.18. The van der Waals surface area contributed by atoms with Gasteiger partial charge in [-0.05, 0) is 12.1 Å². The first-order valence-corrected chi connectivity index (χ1v) is 4.07. The van der Waals surface area contributed by atoms with Crippen molar-refractivity contribution < 1.29 is 28.6 Å². The number of hydrogen-bond donors (Lipinski definition) is 3. The molecule has 3 N–H and O–H groups in total. The molecule has 16 heavy (non-hydrogen) atoms. The van der Waals surface area contributed by atoms with Crippen LogP contribution in [0.5, 0.6) is 5.75 Å². The Kier molecular flexibility index (Phi) is 3.39. The lowest BCUT2D eigenvalue weighted by molar-refractivity contribution is -0.126. The number of carboxylic acid groups (broad SMARTS) is 1. The lowest BCUT2D eigenvalue weighted by Crippen LogP contribution is -2.20. The summed E-state index contributed by atoms with van der Waals surface area (Å²) < 4.78 is 23.7. The molecule has 1 aromatic carbocycles. The molecule has 0 unspecified atom stereocenters. The molecule has 0 aliphatic rings. The van der Waals surface area contributed by atoms with Gasteiger partial charge in [0.1, 0.15) is 11.3 Å². The largest absolute Gasteiger partial charge is 0.507 e. The van der Waals surface area contributed by atoms with Gasteiger partial charge in [-0.2, -0.15) is 8.78 Å². The van der Waals surface area contributed by atoms with Crippen LogP contribution in [-0.4, -0.2) is 28.5 Å². The first-order valence-electron chi connectivity index (χ1n) is 4.07. The number of hydrogen-bond acceptors (Lipinski definition) is 3. The molecule has 0 bridgehead atoms. The molecule has 0 radical (unpaired) electrons. The molecule has 0 atom stereocenters. The van der Waals surface area contributed by atoms with Gasteiger partial charge in [-0.15, -0.1) is 0 Å². The average molecular weight is 231 g/mol. The van der Waals surface area contributed by atoms with E-state index in [1.165, 1.54) is 0 Å². The lowest BCUT2D eigenvalue weighted by atomic mass is 10.2. The summed E-state index contributed by atoms with van der Waals surface area (Å²) in [7, 11) is 0. The highest BCUT2D eigenvalue weighted by atomic mass is 19.3. The van der Waals surface area contributed by atoms with E-state index in [0.717, 1.165) is 18.2 Å². The molecule has 0 spiro atoms. The maximum Gasteiger partial charge on any atom is 0.339 e. The maximum atomic E-state index is 11.9. The number of carboxylic acids is 1. The third-order valence-corrected chi connectivity index (χ3v) is 1.69. The van der Waals surface area contributed by atoms with E-state index in [1.807, 2.05) is 0 Å². The zero-order valence-electron chi connectivity index (χ0n) is 7.78. The van der Waals surface area contributed by atoms with Crippen LogP contribution in [0.15, 0.2) is 18.2 Å². The van der Waals surface area contributed by atoms with Crippen LogP contribution in [-0.2, 0) is 4.79 Å². The molecule has 0 aliphatic heterocycles. The predicted octanol–water partition coefficient (Wildman–Crippen LogP) is 1.29. The van der Waals surface area contributed by atoms with Gasteiger partial charge in [-0.25, -0.2) is 4.79 Å². The second-order valence-electron chi connectivity index (χ2n) is 2.83. The molecule has 0 saturated carbocycles. The Labute approximate surface area is 88.3 Å². The molecule has 0 aliphatic carbocycles. The Balaban J connectivity index is 2.90. The fraction of sp³-hybridized carbons (Fsp3) is 0.111. The van der Waals surface area contributed by atoms with Gasteiger partial charge in [0.25, 0.3) is 5.91 Å². The van der Waals surface area contributed by atoms with Crippen molar-refractivity contribution in [2.24, 2.45) is 0 Å². The zero-order valence-corrected chi connectivity index (χ0v) is 7.78. The summed E-state index contributed by atoms with van der Waals surface area (Å²) in [6.45, 7) is 0. The van der Waals surface area contributed by atoms with Gasteiger partial charge in [0.05, 0.1) is 0 Å². The third-order valence-electron chi connectivity index (χ3n) is 1.69. The summed E-state index contributed by atoms with van der Waals surface area (Å²) in [6.07, 6.45) is -3.18.